The molecule has 0 saturated carbocycles. The van der Waals surface area contributed by atoms with Gasteiger partial charge in [0.1, 0.15) is 0 Å². The average Bonchev–Trinajstić information content (AvgIpc) is 3.51. The highest BCUT2D eigenvalue weighted by atomic mass is 79.9. The van der Waals surface area contributed by atoms with E-state index in [-0.39, 0.29) is 21.7 Å². The van der Waals surface area contributed by atoms with Crippen molar-refractivity contribution < 1.29 is 0 Å². The van der Waals surface area contributed by atoms with Crippen LogP contribution in [0, 0.1) is 0 Å². The second kappa shape index (κ2) is 11.1. The third kappa shape index (κ3) is 5.63. The first kappa shape index (κ1) is 33.7. The summed E-state index contributed by atoms with van der Waals surface area (Å²) in [5, 5.41) is 5.19. The minimum Gasteiger partial charge on any atom is -0.308 e. The number of benzene rings is 5. The standard InChI is InChI=1S/C46H51BrN2/c1-43(2,3)28-16-20-36-32(24-28)33-25-29(44(4,5)6)17-21-37(33)48(36)40-14-13-15-41(42(40)47)49-38-22-18-30(45(7,8)9)26-34(38)35-27-31(46(10,11)12)19-23-39(35)49/h13-27H,1-12H3. The molecule has 2 aromatic heterocycles. The monoisotopic (exact) mass is 710 g/mol. The summed E-state index contributed by atoms with van der Waals surface area (Å²) in [6, 6.07) is 35.0. The Balaban J connectivity index is 1.54. The third-order valence-corrected chi connectivity index (χ3v) is 11.2. The Labute approximate surface area is 301 Å². The number of hydrogen-bond acceptors (Lipinski definition) is 0. The van der Waals surface area contributed by atoms with E-state index in [9.17, 15) is 0 Å². The van der Waals surface area contributed by atoms with Crippen LogP contribution in [-0.2, 0) is 21.7 Å². The molecule has 7 aromatic rings. The molecular weight excluding hydrogens is 660 g/mol. The van der Waals surface area contributed by atoms with Crippen molar-refractivity contribution in [3.63, 3.8) is 0 Å². The predicted octanol–water partition coefficient (Wildman–Crippen LogP) is 13.8. The molecule has 0 amide bonds. The summed E-state index contributed by atoms with van der Waals surface area (Å²) in [7, 11) is 0. The van der Waals surface area contributed by atoms with E-state index in [1.54, 1.807) is 0 Å². The van der Waals surface area contributed by atoms with Gasteiger partial charge in [-0.05, 0) is 121 Å². The van der Waals surface area contributed by atoms with Crippen molar-refractivity contribution in [2.45, 2.75) is 105 Å². The Morgan fingerprint density at radius 3 is 0.837 bits per heavy atom. The molecule has 49 heavy (non-hydrogen) atoms. The normalized spacial score (nSPS) is 13.4. The summed E-state index contributed by atoms with van der Waals surface area (Å²) in [5.41, 5.74) is 12.8. The van der Waals surface area contributed by atoms with E-state index >= 15 is 0 Å². The van der Waals surface area contributed by atoms with Gasteiger partial charge in [-0.15, -0.1) is 0 Å². The molecule has 0 aliphatic rings. The summed E-state index contributed by atoms with van der Waals surface area (Å²) in [6.07, 6.45) is 0. The van der Waals surface area contributed by atoms with Gasteiger partial charge in [-0.3, -0.25) is 0 Å². The zero-order valence-corrected chi connectivity index (χ0v) is 33.0. The third-order valence-electron chi connectivity index (χ3n) is 10.4. The fourth-order valence-electron chi connectivity index (χ4n) is 7.29. The van der Waals surface area contributed by atoms with Crippen molar-refractivity contribution in [3.8, 4) is 11.4 Å². The molecule has 5 aromatic carbocycles. The summed E-state index contributed by atoms with van der Waals surface area (Å²) in [4.78, 5) is 0. The number of halogens is 1. The summed E-state index contributed by atoms with van der Waals surface area (Å²) in [6.45, 7) is 27.6. The minimum atomic E-state index is 0.0565. The summed E-state index contributed by atoms with van der Waals surface area (Å²) < 4.78 is 5.99. The van der Waals surface area contributed by atoms with Crippen molar-refractivity contribution in [1.82, 2.24) is 9.13 Å². The van der Waals surface area contributed by atoms with Gasteiger partial charge in [0.05, 0.1) is 37.9 Å². The van der Waals surface area contributed by atoms with Gasteiger partial charge in [0, 0.05) is 21.5 Å². The molecular formula is C46H51BrN2. The quantitative estimate of drug-likeness (QED) is 0.169. The lowest BCUT2D eigenvalue weighted by molar-refractivity contribution is 0.590. The highest BCUT2D eigenvalue weighted by molar-refractivity contribution is 9.10. The molecule has 7 rings (SSSR count). The topological polar surface area (TPSA) is 9.86 Å². The van der Waals surface area contributed by atoms with E-state index in [4.69, 9.17) is 0 Å². The first-order chi connectivity index (χ1) is 22.7. The summed E-state index contributed by atoms with van der Waals surface area (Å²) >= 11 is 4.21. The van der Waals surface area contributed by atoms with Crippen LogP contribution < -0.4 is 0 Å². The van der Waals surface area contributed by atoms with Crippen LogP contribution in [0.3, 0.4) is 0 Å². The first-order valence-corrected chi connectivity index (χ1v) is 18.5. The molecule has 0 aliphatic carbocycles. The number of hydrogen-bond donors (Lipinski definition) is 0. The van der Waals surface area contributed by atoms with Crippen LogP contribution in [0.4, 0.5) is 0 Å². The Morgan fingerprint density at radius 2 is 0.612 bits per heavy atom. The van der Waals surface area contributed by atoms with Gasteiger partial charge in [-0.2, -0.15) is 0 Å². The van der Waals surface area contributed by atoms with E-state index in [2.05, 4.69) is 199 Å². The Hall–Kier alpha value is -3.82. The van der Waals surface area contributed by atoms with Crippen molar-refractivity contribution in [3.05, 3.63) is 118 Å². The molecule has 0 aliphatic heterocycles. The lowest BCUT2D eigenvalue weighted by atomic mass is 9.85. The molecule has 0 spiro atoms. The van der Waals surface area contributed by atoms with Gasteiger partial charge in [0.25, 0.3) is 0 Å². The zero-order valence-electron chi connectivity index (χ0n) is 31.4. The predicted molar refractivity (Wildman–Crippen MR) is 218 cm³/mol. The second-order valence-electron chi connectivity index (χ2n) is 18.2. The van der Waals surface area contributed by atoms with Crippen LogP contribution in [0.5, 0.6) is 0 Å². The Kier molecular flexibility index (Phi) is 7.62. The molecule has 0 bridgehead atoms. The average molecular weight is 712 g/mol. The SMILES string of the molecule is CC(C)(C)c1ccc2c(c1)c1cc(C(C)(C)C)ccc1n2-c1cccc(-n2c3ccc(C(C)(C)C)cc3c3cc(C(C)(C)C)ccc32)c1Br. The largest absolute Gasteiger partial charge is 0.308 e. The van der Waals surface area contributed by atoms with Crippen LogP contribution in [-0.4, -0.2) is 9.13 Å². The van der Waals surface area contributed by atoms with E-state index in [0.717, 1.165) is 15.8 Å². The number of nitrogens with zero attached hydrogens (tertiary/aromatic N) is 2. The van der Waals surface area contributed by atoms with Crippen molar-refractivity contribution in [1.29, 1.82) is 0 Å². The second-order valence-corrected chi connectivity index (χ2v) is 19.0. The Morgan fingerprint density at radius 1 is 0.367 bits per heavy atom. The van der Waals surface area contributed by atoms with Crippen molar-refractivity contribution >= 4 is 59.5 Å². The van der Waals surface area contributed by atoms with Crippen molar-refractivity contribution in [2.24, 2.45) is 0 Å². The number of fused-ring (bicyclic) bond motifs is 6. The van der Waals surface area contributed by atoms with Crippen LogP contribution in [0.15, 0.2) is 95.5 Å². The molecule has 3 heteroatoms. The fourth-order valence-corrected chi connectivity index (χ4v) is 7.90. The highest BCUT2D eigenvalue weighted by Gasteiger charge is 2.25. The molecule has 0 atom stereocenters. The fraction of sp³-hybridized carbons (Fsp3) is 0.348. The molecule has 0 radical (unpaired) electrons. The lowest BCUT2D eigenvalue weighted by Gasteiger charge is -2.20. The molecule has 252 valence electrons. The first-order valence-electron chi connectivity index (χ1n) is 17.7. The Bertz CT molecular complexity index is 2110. The molecule has 2 nitrogen and oxygen atoms in total. The van der Waals surface area contributed by atoms with E-state index in [1.165, 1.54) is 65.9 Å². The van der Waals surface area contributed by atoms with Crippen LogP contribution in [0.25, 0.3) is 55.0 Å². The maximum Gasteiger partial charge on any atom is 0.0656 e. The van der Waals surface area contributed by atoms with Gasteiger partial charge in [-0.25, -0.2) is 0 Å². The van der Waals surface area contributed by atoms with Crippen LogP contribution >= 0.6 is 15.9 Å². The van der Waals surface area contributed by atoms with E-state index in [1.807, 2.05) is 0 Å². The lowest BCUT2D eigenvalue weighted by Crippen LogP contribution is -2.10. The zero-order chi connectivity index (χ0) is 35.4. The van der Waals surface area contributed by atoms with Gasteiger partial charge in [0.2, 0.25) is 0 Å². The molecule has 0 fully saturated rings. The van der Waals surface area contributed by atoms with Crippen molar-refractivity contribution in [2.75, 3.05) is 0 Å². The summed E-state index contributed by atoms with van der Waals surface area (Å²) in [5.74, 6) is 0. The highest BCUT2D eigenvalue weighted by Crippen LogP contribution is 2.43. The number of rotatable bonds is 2. The van der Waals surface area contributed by atoms with Gasteiger partial charge < -0.3 is 9.13 Å². The molecule has 0 unspecified atom stereocenters. The van der Waals surface area contributed by atoms with Gasteiger partial charge in [-0.1, -0.05) is 113 Å². The maximum atomic E-state index is 4.21. The van der Waals surface area contributed by atoms with E-state index in [0.29, 0.717) is 0 Å². The molecule has 0 saturated heterocycles. The van der Waals surface area contributed by atoms with Crippen LogP contribution in [0.1, 0.15) is 105 Å². The minimum absolute atomic E-state index is 0.0565. The van der Waals surface area contributed by atoms with Gasteiger partial charge >= 0.3 is 0 Å². The molecule has 2 heterocycles. The van der Waals surface area contributed by atoms with E-state index < -0.39 is 0 Å². The maximum absolute atomic E-state index is 4.21. The smallest absolute Gasteiger partial charge is 0.0656 e. The number of aromatic nitrogens is 2. The van der Waals surface area contributed by atoms with Gasteiger partial charge in [0.15, 0.2) is 0 Å². The van der Waals surface area contributed by atoms with Crippen LogP contribution in [0.2, 0.25) is 0 Å². The molecule has 0 N–H and O–H groups in total.